The number of hydrogen-bond acceptors (Lipinski definition) is 2. The molecular weight excluding hydrogens is 82.0 g/mol. The van der Waals surface area contributed by atoms with Crippen LogP contribution in [0.25, 0.3) is 0 Å². The van der Waals surface area contributed by atoms with Crippen LogP contribution < -0.4 is 0 Å². The summed E-state index contributed by atoms with van der Waals surface area (Å²) in [5.41, 5.74) is 0. The Kier molecular flexibility index (Phi) is 0.418. The van der Waals surface area contributed by atoms with Crippen LogP contribution in [0.3, 0.4) is 0 Å². The van der Waals surface area contributed by atoms with Crippen LogP contribution >= 0.6 is 0 Å². The number of aryl methyl sites for hydroxylation is 1. The highest BCUT2D eigenvalue weighted by molar-refractivity contribution is 5.22. The molecule has 0 aromatic carbocycles. The van der Waals surface area contributed by atoms with E-state index in [2.05, 4.69) is 16.4 Å². The summed E-state index contributed by atoms with van der Waals surface area (Å²) in [6.07, 6.45) is 0. The Hall–Kier alpha value is -0.930. The second-order valence-electron chi connectivity index (χ2n) is 0.940. The van der Waals surface area contributed by atoms with Crippen LogP contribution in [0.2, 0.25) is 0 Å². The Morgan fingerprint density at radius 3 is 2.33 bits per heavy atom. The molecule has 0 spiro atoms. The number of hydrogen-bond donors (Lipinski definition) is 0. The van der Waals surface area contributed by atoms with Crippen LogP contribution in [0.4, 0.5) is 0 Å². The average molecular weight is 87.1 g/mol. The van der Waals surface area contributed by atoms with Crippen molar-refractivity contribution in [2.75, 3.05) is 0 Å². The first-order valence-electron chi connectivity index (χ1n) is 1.53. The van der Waals surface area contributed by atoms with Crippen LogP contribution in [-0.4, -0.2) is 16.5 Å². The zero-order chi connectivity index (χ0) is 4.57. The van der Waals surface area contributed by atoms with Gasteiger partial charge in [0.1, 0.15) is 0 Å². The predicted molar refractivity (Wildman–Crippen MR) is 20.6 cm³/mol. The summed E-state index contributed by atoms with van der Waals surface area (Å²) in [6.45, 7) is 3.18. The van der Waals surface area contributed by atoms with Crippen LogP contribution in [0, 0.1) is 0 Å². The molecule has 4 heteroatoms. The molecule has 0 aliphatic rings. The number of aromatic nitrogens is 2. The summed E-state index contributed by atoms with van der Waals surface area (Å²) >= 11 is 0. The van der Waals surface area contributed by atoms with E-state index in [-0.39, 0.29) is 0 Å². The lowest BCUT2D eigenvalue weighted by Gasteiger charge is -1.58. The van der Waals surface area contributed by atoms with Crippen molar-refractivity contribution >= 4 is 6.72 Å². The summed E-state index contributed by atoms with van der Waals surface area (Å²) in [5.74, 6) is 0. The van der Waals surface area contributed by atoms with Crippen LogP contribution in [0.5, 0.6) is 0 Å². The summed E-state index contributed by atoms with van der Waals surface area (Å²) < 4.78 is 4.50. The van der Waals surface area contributed by atoms with Crippen molar-refractivity contribution in [2.24, 2.45) is 12.1 Å². The van der Waals surface area contributed by atoms with Crippen molar-refractivity contribution < 1.29 is 4.63 Å². The largest absolute Gasteiger partial charge is 0.229 e. The van der Waals surface area contributed by atoms with E-state index in [1.165, 1.54) is 9.82 Å². The second kappa shape index (κ2) is 0.767. The van der Waals surface area contributed by atoms with E-state index in [9.17, 15) is 0 Å². The van der Waals surface area contributed by atoms with Gasteiger partial charge >= 0.3 is 0 Å². The van der Waals surface area contributed by atoms with E-state index in [0.717, 1.165) is 0 Å². The van der Waals surface area contributed by atoms with Crippen LogP contribution in [-0.2, 0) is 7.05 Å². The predicted octanol–water partition coefficient (Wildman–Crippen LogP) is -0.117. The highest BCUT2D eigenvalue weighted by Crippen LogP contribution is 1.87. The van der Waals surface area contributed by atoms with Gasteiger partial charge in [0, 0.05) is 11.7 Å². The Morgan fingerprint density at radius 1 is 1.83 bits per heavy atom. The van der Waals surface area contributed by atoms with Gasteiger partial charge in [-0.3, -0.25) is 0 Å². The van der Waals surface area contributed by atoms with Gasteiger partial charge in [0.2, 0.25) is 0 Å². The smallest absolute Gasteiger partial charge is 0.0704 e. The molecule has 0 aliphatic heterocycles. The molecule has 1 aromatic rings. The normalized spacial score (nSPS) is 9.50. The molecule has 0 bridgehead atoms. The molecule has 0 N–H and O–H groups in total. The number of nitrogens with zero attached hydrogens (tertiary/aromatic N) is 3. The van der Waals surface area contributed by atoms with Gasteiger partial charge in [-0.25, -0.2) is 4.63 Å². The molecule has 0 aliphatic carbocycles. The highest BCUT2D eigenvalue weighted by Gasteiger charge is 1.95. The first-order chi connectivity index (χ1) is 2.84. The quantitative estimate of drug-likeness (QED) is 0.440. The molecule has 1 aromatic heterocycles. The second-order valence-corrected chi connectivity index (χ2v) is 0.940. The fourth-order valence-corrected chi connectivity index (χ4v) is 0.204. The first-order valence-corrected chi connectivity index (χ1v) is 1.53. The third-order valence-corrected chi connectivity index (χ3v) is 0.528. The van der Waals surface area contributed by atoms with Gasteiger partial charge in [0.15, 0.2) is 0 Å². The maximum Gasteiger partial charge on any atom is 0.0704 e. The Labute approximate surface area is 34.5 Å². The maximum atomic E-state index is 4.50. The van der Waals surface area contributed by atoms with E-state index < -0.39 is 0 Å². The molecule has 1 heterocycles. The van der Waals surface area contributed by atoms with Gasteiger partial charge in [-0.1, -0.05) is 4.85 Å². The topological polar surface area (TPSA) is 35.4 Å². The van der Waals surface area contributed by atoms with Crippen molar-refractivity contribution in [2.45, 2.75) is 0 Å². The molecule has 0 saturated carbocycles. The molecule has 0 fully saturated rings. The highest BCUT2D eigenvalue weighted by atomic mass is 16.8. The van der Waals surface area contributed by atoms with E-state index in [0.29, 0.717) is 0 Å². The standard InChI is InChI=1S/C2H5N3O/c1-3-5-4(2)6-5/h1H2,2H3. The maximum absolute atomic E-state index is 4.50. The van der Waals surface area contributed by atoms with Gasteiger partial charge in [-0.2, -0.15) is 0 Å². The summed E-state index contributed by atoms with van der Waals surface area (Å²) in [5, 5.41) is 3.37. The minimum absolute atomic E-state index is 1.26. The van der Waals surface area contributed by atoms with Crippen molar-refractivity contribution in [1.82, 2.24) is 9.82 Å². The lowest BCUT2D eigenvalue weighted by atomic mass is 11.5. The number of rotatable bonds is 1. The molecule has 1 rings (SSSR count). The molecule has 34 valence electrons. The zero-order valence-corrected chi connectivity index (χ0v) is 3.46. The van der Waals surface area contributed by atoms with Crippen LogP contribution in [0.1, 0.15) is 0 Å². The SMILES string of the molecule is C=Nn1on1C. The molecule has 6 heavy (non-hydrogen) atoms. The molecule has 0 saturated heterocycles. The molecule has 0 amide bonds. The van der Waals surface area contributed by atoms with Gasteiger partial charge in [0.05, 0.1) is 7.05 Å². The lowest BCUT2D eigenvalue weighted by molar-refractivity contribution is 0.435. The van der Waals surface area contributed by atoms with E-state index in [4.69, 9.17) is 0 Å². The average Bonchev–Trinajstić information content (AvgIpc) is 2.19. The molecular formula is C2H5N3O. The van der Waals surface area contributed by atoms with Crippen molar-refractivity contribution in [3.63, 3.8) is 0 Å². The first kappa shape index (κ1) is 3.27. The molecule has 0 radical (unpaired) electrons. The van der Waals surface area contributed by atoms with E-state index >= 15 is 0 Å². The fourth-order valence-electron chi connectivity index (χ4n) is 0.204. The Balaban J connectivity index is 2.67. The minimum atomic E-state index is 1.26. The Morgan fingerprint density at radius 2 is 2.33 bits per heavy atom. The van der Waals surface area contributed by atoms with Crippen molar-refractivity contribution in [3.05, 3.63) is 0 Å². The van der Waals surface area contributed by atoms with Crippen LogP contribution in [0.15, 0.2) is 9.73 Å². The van der Waals surface area contributed by atoms with E-state index in [1.807, 2.05) is 0 Å². The summed E-state index contributed by atoms with van der Waals surface area (Å²) in [6, 6.07) is 0. The van der Waals surface area contributed by atoms with Gasteiger partial charge in [-0.05, 0) is 0 Å². The third kappa shape index (κ3) is 0.263. The summed E-state index contributed by atoms with van der Waals surface area (Å²) in [4.78, 5) is 2.72. The zero-order valence-electron chi connectivity index (χ0n) is 3.46. The van der Waals surface area contributed by atoms with Crippen molar-refractivity contribution in [3.8, 4) is 0 Å². The minimum Gasteiger partial charge on any atom is -0.229 e. The van der Waals surface area contributed by atoms with Gasteiger partial charge in [0.25, 0.3) is 0 Å². The van der Waals surface area contributed by atoms with Gasteiger partial charge in [-0.15, -0.1) is 5.10 Å². The molecule has 0 unspecified atom stereocenters. The summed E-state index contributed by atoms with van der Waals surface area (Å²) in [7, 11) is 1.73. The molecule has 0 atom stereocenters. The monoisotopic (exact) mass is 87.0 g/mol. The third-order valence-electron chi connectivity index (χ3n) is 0.528. The Bertz CT molecular complexity index is 135. The van der Waals surface area contributed by atoms with Gasteiger partial charge < -0.3 is 0 Å². The molecule has 4 nitrogen and oxygen atoms in total. The van der Waals surface area contributed by atoms with E-state index in [1.54, 1.807) is 7.05 Å². The fraction of sp³-hybridized carbons (Fsp3) is 0.500. The lowest BCUT2D eigenvalue weighted by Crippen LogP contribution is -1.76. The van der Waals surface area contributed by atoms with Crippen molar-refractivity contribution in [1.29, 1.82) is 0 Å².